The molecule has 0 bridgehead atoms. The van der Waals surface area contributed by atoms with Crippen molar-refractivity contribution in [2.45, 2.75) is 0 Å². The van der Waals surface area contributed by atoms with Gasteiger partial charge in [0.2, 0.25) is 0 Å². The predicted molar refractivity (Wildman–Crippen MR) is 68.3 cm³/mol. The molecule has 0 radical (unpaired) electrons. The largest absolute Gasteiger partial charge is 0.399 e. The number of nitrogens with two attached hydrogens (primary N) is 1. The second-order valence-electron chi connectivity index (χ2n) is 4.50. The van der Waals surface area contributed by atoms with Gasteiger partial charge in [-0.1, -0.05) is 0 Å². The number of carbonyl (C=O) groups excluding carboxylic acids is 2. The Morgan fingerprint density at radius 3 is 1.81 bits per heavy atom. The molecule has 0 fully saturated rings. The van der Waals surface area contributed by atoms with Crippen molar-refractivity contribution in [1.29, 1.82) is 0 Å². The van der Waals surface area contributed by atoms with Crippen LogP contribution in [0.5, 0.6) is 0 Å². The lowest BCUT2D eigenvalue weighted by Crippen LogP contribution is -2.29. The van der Waals surface area contributed by atoms with Gasteiger partial charge in [0.15, 0.2) is 11.6 Å². The highest BCUT2D eigenvalue weighted by atomic mass is 19.2. The Morgan fingerprint density at radius 1 is 0.810 bits per heavy atom. The van der Waals surface area contributed by atoms with Crippen LogP contribution in [-0.2, 0) is 0 Å². The molecule has 0 spiro atoms. The summed E-state index contributed by atoms with van der Waals surface area (Å²) < 4.78 is 39.7. The van der Waals surface area contributed by atoms with Crippen LogP contribution in [0.2, 0.25) is 0 Å². The number of rotatable bonds is 1. The summed E-state index contributed by atoms with van der Waals surface area (Å²) in [6.45, 7) is 0. The number of hydrogen-bond acceptors (Lipinski definition) is 3. The quantitative estimate of drug-likeness (QED) is 0.649. The molecule has 0 saturated carbocycles. The van der Waals surface area contributed by atoms with Crippen LogP contribution in [0.1, 0.15) is 20.7 Å². The summed E-state index contributed by atoms with van der Waals surface area (Å²) in [5, 5.41) is 0. The molecule has 2 aromatic rings. The number of hydrogen-bond donors (Lipinski definition) is 1. The topological polar surface area (TPSA) is 63.4 Å². The first-order valence-corrected chi connectivity index (χ1v) is 5.82. The highest BCUT2D eigenvalue weighted by molar-refractivity contribution is 6.34. The van der Waals surface area contributed by atoms with Crippen LogP contribution in [0.25, 0.3) is 0 Å². The van der Waals surface area contributed by atoms with Crippen molar-refractivity contribution in [3.8, 4) is 0 Å². The Morgan fingerprint density at radius 2 is 1.33 bits per heavy atom. The fourth-order valence-corrected chi connectivity index (χ4v) is 2.19. The highest BCUT2D eigenvalue weighted by Gasteiger charge is 2.38. The summed E-state index contributed by atoms with van der Waals surface area (Å²) in [4.78, 5) is 24.9. The van der Waals surface area contributed by atoms with Crippen molar-refractivity contribution in [2.75, 3.05) is 10.6 Å². The van der Waals surface area contributed by atoms with Crippen LogP contribution in [0.4, 0.5) is 24.5 Å². The van der Waals surface area contributed by atoms with Gasteiger partial charge in [-0.2, -0.15) is 0 Å². The summed E-state index contributed by atoms with van der Waals surface area (Å²) in [5.41, 5.74) is 4.82. The Kier molecular flexibility index (Phi) is 2.72. The Balaban J connectivity index is 2.15. The van der Waals surface area contributed by atoms with E-state index in [4.69, 9.17) is 5.73 Å². The van der Waals surface area contributed by atoms with E-state index in [1.165, 1.54) is 6.07 Å². The Hall–Kier alpha value is -2.83. The van der Waals surface area contributed by atoms with E-state index in [2.05, 4.69) is 0 Å². The lowest BCUT2D eigenvalue weighted by Gasteiger charge is -2.14. The molecule has 7 heteroatoms. The minimum Gasteiger partial charge on any atom is -0.399 e. The highest BCUT2D eigenvalue weighted by Crippen LogP contribution is 2.31. The van der Waals surface area contributed by atoms with Crippen LogP contribution in [0, 0.1) is 17.5 Å². The maximum atomic E-state index is 13.3. The monoisotopic (exact) mass is 292 g/mol. The second kappa shape index (κ2) is 4.34. The Bertz CT molecular complexity index is 744. The van der Waals surface area contributed by atoms with Gasteiger partial charge >= 0.3 is 0 Å². The standard InChI is InChI=1S/C14H7F3N2O2/c15-6-1-7(18)3-8(2-6)19-13(20)9-4-11(16)12(17)5-10(9)14(19)21/h1-5H,18H2. The average Bonchev–Trinajstić information content (AvgIpc) is 2.62. The zero-order chi connectivity index (χ0) is 15.3. The van der Waals surface area contributed by atoms with Crippen molar-refractivity contribution < 1.29 is 22.8 Å². The molecule has 3 rings (SSSR count). The first-order chi connectivity index (χ1) is 9.88. The van der Waals surface area contributed by atoms with E-state index >= 15 is 0 Å². The van der Waals surface area contributed by atoms with E-state index in [1.807, 2.05) is 0 Å². The molecule has 0 aliphatic carbocycles. The number of nitrogens with zero attached hydrogens (tertiary/aromatic N) is 1. The van der Waals surface area contributed by atoms with Gasteiger partial charge in [0.05, 0.1) is 16.8 Å². The molecular formula is C14H7F3N2O2. The van der Waals surface area contributed by atoms with Crippen LogP contribution in [0.3, 0.4) is 0 Å². The van der Waals surface area contributed by atoms with Crippen molar-refractivity contribution in [3.05, 3.63) is 58.9 Å². The maximum absolute atomic E-state index is 13.3. The molecule has 0 atom stereocenters. The second-order valence-corrected chi connectivity index (χ2v) is 4.50. The lowest BCUT2D eigenvalue weighted by atomic mass is 10.1. The average molecular weight is 292 g/mol. The summed E-state index contributed by atoms with van der Waals surface area (Å²) >= 11 is 0. The molecule has 0 aromatic heterocycles. The number of fused-ring (bicyclic) bond motifs is 1. The minimum atomic E-state index is -1.24. The van der Waals surface area contributed by atoms with Crippen molar-refractivity contribution in [3.63, 3.8) is 0 Å². The molecular weight excluding hydrogens is 285 g/mol. The third kappa shape index (κ3) is 1.94. The van der Waals surface area contributed by atoms with Crippen LogP contribution < -0.4 is 10.6 Å². The fourth-order valence-electron chi connectivity index (χ4n) is 2.19. The van der Waals surface area contributed by atoms with Gasteiger partial charge in [-0.15, -0.1) is 0 Å². The molecule has 21 heavy (non-hydrogen) atoms. The molecule has 1 heterocycles. The molecule has 4 nitrogen and oxygen atoms in total. The number of halogens is 3. The van der Waals surface area contributed by atoms with E-state index in [0.29, 0.717) is 17.0 Å². The normalized spacial score (nSPS) is 13.8. The van der Waals surface area contributed by atoms with E-state index in [0.717, 1.165) is 12.1 Å². The summed E-state index contributed by atoms with van der Waals surface area (Å²) in [6.07, 6.45) is 0. The SMILES string of the molecule is Nc1cc(F)cc(N2C(=O)c3cc(F)c(F)cc3C2=O)c1. The summed E-state index contributed by atoms with van der Waals surface area (Å²) in [7, 11) is 0. The van der Waals surface area contributed by atoms with Crippen LogP contribution >= 0.6 is 0 Å². The first-order valence-electron chi connectivity index (χ1n) is 5.82. The molecule has 106 valence electrons. The van der Waals surface area contributed by atoms with Gasteiger partial charge in [-0.05, 0) is 30.3 Å². The smallest absolute Gasteiger partial charge is 0.266 e. The van der Waals surface area contributed by atoms with Gasteiger partial charge in [0, 0.05) is 5.69 Å². The Labute approximate surface area is 116 Å². The van der Waals surface area contributed by atoms with Crippen molar-refractivity contribution >= 4 is 23.2 Å². The molecule has 2 aromatic carbocycles. The van der Waals surface area contributed by atoms with Gasteiger partial charge in [-0.3, -0.25) is 9.59 Å². The minimum absolute atomic E-state index is 0.0129. The number of carbonyl (C=O) groups is 2. The van der Waals surface area contributed by atoms with Gasteiger partial charge in [0.25, 0.3) is 11.8 Å². The maximum Gasteiger partial charge on any atom is 0.266 e. The van der Waals surface area contributed by atoms with Gasteiger partial charge < -0.3 is 5.73 Å². The zero-order valence-corrected chi connectivity index (χ0v) is 10.4. The van der Waals surface area contributed by atoms with Crippen LogP contribution in [-0.4, -0.2) is 11.8 Å². The fraction of sp³-hybridized carbons (Fsp3) is 0. The lowest BCUT2D eigenvalue weighted by molar-refractivity contribution is 0.0926. The molecule has 1 aliphatic rings. The van der Waals surface area contributed by atoms with Gasteiger partial charge in [-0.25, -0.2) is 18.1 Å². The summed E-state index contributed by atoms with van der Waals surface area (Å²) in [6, 6.07) is 4.46. The third-order valence-corrected chi connectivity index (χ3v) is 3.09. The van der Waals surface area contributed by atoms with E-state index in [9.17, 15) is 22.8 Å². The number of imide groups is 1. The van der Waals surface area contributed by atoms with Crippen molar-refractivity contribution in [1.82, 2.24) is 0 Å². The number of amides is 2. The third-order valence-electron chi connectivity index (χ3n) is 3.09. The predicted octanol–water partition coefficient (Wildman–Crippen LogP) is 2.49. The van der Waals surface area contributed by atoms with E-state index < -0.39 is 29.3 Å². The van der Waals surface area contributed by atoms with Crippen LogP contribution in [0.15, 0.2) is 30.3 Å². The molecule has 0 unspecified atom stereocenters. The van der Waals surface area contributed by atoms with E-state index in [-0.39, 0.29) is 22.5 Å². The molecule has 1 aliphatic heterocycles. The molecule has 0 saturated heterocycles. The summed E-state index contributed by atoms with van der Waals surface area (Å²) in [5.74, 6) is -4.94. The first kappa shape index (κ1) is 13.2. The number of nitrogen functional groups attached to an aromatic ring is 1. The number of benzene rings is 2. The zero-order valence-electron chi connectivity index (χ0n) is 10.4. The number of anilines is 2. The van der Waals surface area contributed by atoms with Gasteiger partial charge in [0.1, 0.15) is 5.82 Å². The van der Waals surface area contributed by atoms with Crippen molar-refractivity contribution in [2.24, 2.45) is 0 Å². The molecule has 2 N–H and O–H groups in total. The van der Waals surface area contributed by atoms with E-state index in [1.54, 1.807) is 0 Å². The molecule has 2 amide bonds.